The molecule has 0 atom stereocenters. The molecular formula is C16H13NO3. The first kappa shape index (κ1) is 12.4. The van der Waals surface area contributed by atoms with Crippen LogP contribution in [0.25, 0.3) is 10.8 Å². The van der Waals surface area contributed by atoms with Gasteiger partial charge in [0.05, 0.1) is 6.61 Å². The number of nitrogens with zero attached hydrogens (tertiary/aromatic N) is 1. The Morgan fingerprint density at radius 3 is 2.55 bits per heavy atom. The van der Waals surface area contributed by atoms with Crippen LogP contribution in [0.3, 0.4) is 0 Å². The monoisotopic (exact) mass is 267 g/mol. The molecule has 0 aliphatic carbocycles. The smallest absolute Gasteiger partial charge is 0.227 e. The van der Waals surface area contributed by atoms with Crippen LogP contribution in [0.1, 0.15) is 5.56 Å². The Bertz CT molecular complexity index is 738. The van der Waals surface area contributed by atoms with E-state index in [2.05, 4.69) is 4.98 Å². The van der Waals surface area contributed by atoms with Gasteiger partial charge in [-0.25, -0.2) is 4.98 Å². The summed E-state index contributed by atoms with van der Waals surface area (Å²) in [5, 5.41) is 20.3. The Labute approximate surface area is 115 Å². The fraction of sp³-hybridized carbons (Fsp3) is 0.0625. The first-order valence-corrected chi connectivity index (χ1v) is 6.21. The van der Waals surface area contributed by atoms with Gasteiger partial charge in [0, 0.05) is 11.6 Å². The molecule has 0 saturated carbocycles. The van der Waals surface area contributed by atoms with Crippen molar-refractivity contribution in [1.29, 1.82) is 0 Å². The Kier molecular flexibility index (Phi) is 3.23. The van der Waals surface area contributed by atoms with Crippen molar-refractivity contribution in [2.24, 2.45) is 0 Å². The zero-order valence-electron chi connectivity index (χ0n) is 10.7. The summed E-state index contributed by atoms with van der Waals surface area (Å²) in [6.45, 7) is 0.000665. The van der Waals surface area contributed by atoms with Crippen LogP contribution >= 0.6 is 0 Å². The normalized spacial score (nSPS) is 10.7. The molecule has 0 radical (unpaired) electrons. The molecule has 4 heteroatoms. The van der Waals surface area contributed by atoms with Gasteiger partial charge in [0.2, 0.25) is 5.88 Å². The van der Waals surface area contributed by atoms with Crippen LogP contribution in [0.5, 0.6) is 17.4 Å². The van der Waals surface area contributed by atoms with Crippen LogP contribution in [-0.2, 0) is 6.61 Å². The average molecular weight is 267 g/mol. The minimum atomic E-state index is 0.000665. The molecule has 1 aromatic heterocycles. The van der Waals surface area contributed by atoms with Crippen LogP contribution in [0.15, 0.2) is 54.7 Å². The zero-order valence-corrected chi connectivity index (χ0v) is 10.7. The average Bonchev–Trinajstić information content (AvgIpc) is 2.49. The molecule has 0 fully saturated rings. The summed E-state index contributed by atoms with van der Waals surface area (Å²) in [6, 6.07) is 14.0. The number of phenols is 1. The second-order valence-corrected chi connectivity index (χ2v) is 4.43. The van der Waals surface area contributed by atoms with Crippen molar-refractivity contribution in [2.45, 2.75) is 6.61 Å². The number of aliphatic hydroxyl groups is 1. The predicted molar refractivity (Wildman–Crippen MR) is 75.8 cm³/mol. The number of ether oxygens (including phenoxy) is 1. The third-order valence-electron chi connectivity index (χ3n) is 3.03. The van der Waals surface area contributed by atoms with Crippen molar-refractivity contribution >= 4 is 10.8 Å². The van der Waals surface area contributed by atoms with E-state index in [1.807, 2.05) is 12.1 Å². The molecule has 4 nitrogen and oxygen atoms in total. The van der Waals surface area contributed by atoms with E-state index in [0.29, 0.717) is 11.6 Å². The lowest BCUT2D eigenvalue weighted by Gasteiger charge is -2.08. The Hall–Kier alpha value is -2.59. The lowest BCUT2D eigenvalue weighted by atomic mass is 10.1. The molecular weight excluding hydrogens is 254 g/mol. The number of rotatable bonds is 3. The van der Waals surface area contributed by atoms with Crippen molar-refractivity contribution in [1.82, 2.24) is 4.98 Å². The first-order chi connectivity index (χ1) is 9.76. The Balaban J connectivity index is 1.99. The number of pyridine rings is 1. The van der Waals surface area contributed by atoms with Gasteiger partial charge >= 0.3 is 0 Å². The van der Waals surface area contributed by atoms with E-state index in [9.17, 15) is 5.11 Å². The van der Waals surface area contributed by atoms with Crippen LogP contribution in [0.4, 0.5) is 0 Å². The van der Waals surface area contributed by atoms with Gasteiger partial charge in [-0.3, -0.25) is 0 Å². The number of hydrogen-bond donors (Lipinski definition) is 2. The van der Waals surface area contributed by atoms with Crippen LogP contribution in [-0.4, -0.2) is 15.2 Å². The highest BCUT2D eigenvalue weighted by Gasteiger charge is 2.06. The van der Waals surface area contributed by atoms with Gasteiger partial charge < -0.3 is 14.9 Å². The van der Waals surface area contributed by atoms with Gasteiger partial charge in [-0.05, 0) is 41.3 Å². The summed E-state index contributed by atoms with van der Waals surface area (Å²) in [7, 11) is 0. The Morgan fingerprint density at radius 2 is 1.80 bits per heavy atom. The maximum Gasteiger partial charge on any atom is 0.227 e. The highest BCUT2D eigenvalue weighted by Crippen LogP contribution is 2.30. The molecule has 3 aromatic rings. The molecule has 2 aromatic carbocycles. The SMILES string of the molecule is OCc1ccc(Oc2nccc3ccc(O)cc23)cc1. The zero-order chi connectivity index (χ0) is 13.9. The van der Waals surface area contributed by atoms with Crippen molar-refractivity contribution in [3.63, 3.8) is 0 Å². The van der Waals surface area contributed by atoms with Crippen molar-refractivity contribution in [3.05, 3.63) is 60.3 Å². The molecule has 1 heterocycles. The second-order valence-electron chi connectivity index (χ2n) is 4.43. The highest BCUT2D eigenvalue weighted by molar-refractivity contribution is 5.88. The van der Waals surface area contributed by atoms with E-state index in [4.69, 9.17) is 9.84 Å². The summed E-state index contributed by atoms with van der Waals surface area (Å²) in [5.74, 6) is 1.24. The second kappa shape index (κ2) is 5.19. The third-order valence-corrected chi connectivity index (χ3v) is 3.03. The number of benzene rings is 2. The van der Waals surface area contributed by atoms with Crippen molar-refractivity contribution in [2.75, 3.05) is 0 Å². The van der Waals surface area contributed by atoms with Crippen LogP contribution < -0.4 is 4.74 Å². The number of aliphatic hydroxyl groups excluding tert-OH is 1. The first-order valence-electron chi connectivity index (χ1n) is 6.21. The topological polar surface area (TPSA) is 62.6 Å². The minimum absolute atomic E-state index is 0.000665. The number of aromatic hydroxyl groups is 1. The molecule has 0 bridgehead atoms. The number of phenolic OH excluding ortho intramolecular Hbond substituents is 1. The van der Waals surface area contributed by atoms with Crippen LogP contribution in [0, 0.1) is 0 Å². The lowest BCUT2D eigenvalue weighted by Crippen LogP contribution is -1.90. The van der Waals surface area contributed by atoms with Gasteiger partial charge in [0.25, 0.3) is 0 Å². The standard InChI is InChI=1S/C16H13NO3/c18-10-11-1-5-14(6-2-11)20-16-15-9-13(19)4-3-12(15)7-8-17-16/h1-9,18-19H,10H2. The van der Waals surface area contributed by atoms with Gasteiger partial charge in [-0.2, -0.15) is 0 Å². The summed E-state index contributed by atoms with van der Waals surface area (Å²) >= 11 is 0. The largest absolute Gasteiger partial charge is 0.508 e. The molecule has 0 unspecified atom stereocenters. The fourth-order valence-corrected chi connectivity index (χ4v) is 1.99. The molecule has 0 spiro atoms. The maximum atomic E-state index is 9.58. The van der Waals surface area contributed by atoms with Crippen molar-refractivity contribution < 1.29 is 14.9 Å². The van der Waals surface area contributed by atoms with Gasteiger partial charge in [-0.1, -0.05) is 18.2 Å². The lowest BCUT2D eigenvalue weighted by molar-refractivity contribution is 0.281. The van der Waals surface area contributed by atoms with E-state index < -0.39 is 0 Å². The predicted octanol–water partition coefficient (Wildman–Crippen LogP) is 3.23. The molecule has 0 amide bonds. The molecule has 0 aliphatic heterocycles. The third kappa shape index (κ3) is 2.41. The van der Waals surface area contributed by atoms with Gasteiger partial charge in [0.15, 0.2) is 0 Å². The van der Waals surface area contributed by atoms with E-state index >= 15 is 0 Å². The van der Waals surface area contributed by atoms with Gasteiger partial charge in [-0.15, -0.1) is 0 Å². The van der Waals surface area contributed by atoms with E-state index in [-0.39, 0.29) is 12.4 Å². The van der Waals surface area contributed by atoms with E-state index in [1.165, 1.54) is 0 Å². The molecule has 3 rings (SSSR count). The van der Waals surface area contributed by atoms with E-state index in [0.717, 1.165) is 16.3 Å². The maximum absolute atomic E-state index is 9.58. The highest BCUT2D eigenvalue weighted by atomic mass is 16.5. The number of hydrogen-bond acceptors (Lipinski definition) is 4. The van der Waals surface area contributed by atoms with Crippen LogP contribution in [0.2, 0.25) is 0 Å². The summed E-state index contributed by atoms with van der Waals surface area (Å²) in [4.78, 5) is 4.20. The van der Waals surface area contributed by atoms with E-state index in [1.54, 1.807) is 42.6 Å². The quantitative estimate of drug-likeness (QED) is 0.764. The fourth-order valence-electron chi connectivity index (χ4n) is 1.99. The summed E-state index contributed by atoms with van der Waals surface area (Å²) in [6.07, 6.45) is 1.66. The summed E-state index contributed by atoms with van der Waals surface area (Å²) in [5.41, 5.74) is 0.820. The number of aromatic nitrogens is 1. The number of fused-ring (bicyclic) bond motifs is 1. The van der Waals surface area contributed by atoms with Gasteiger partial charge in [0.1, 0.15) is 11.5 Å². The van der Waals surface area contributed by atoms with Crippen molar-refractivity contribution in [3.8, 4) is 17.4 Å². The molecule has 100 valence electrons. The molecule has 0 aliphatic rings. The summed E-state index contributed by atoms with van der Waals surface area (Å²) < 4.78 is 5.74. The molecule has 2 N–H and O–H groups in total. The Morgan fingerprint density at radius 1 is 1.00 bits per heavy atom. The molecule has 0 saturated heterocycles. The molecule has 20 heavy (non-hydrogen) atoms. The minimum Gasteiger partial charge on any atom is -0.508 e.